The summed E-state index contributed by atoms with van der Waals surface area (Å²) in [7, 11) is 1.58. The van der Waals surface area contributed by atoms with Gasteiger partial charge in [-0.15, -0.1) is 0 Å². The number of nitrogens with zero attached hydrogens (tertiary/aromatic N) is 1. The Hall–Kier alpha value is -3.80. The van der Waals surface area contributed by atoms with Crippen molar-refractivity contribution in [2.24, 2.45) is 5.10 Å². The SMILES string of the molecule is CCOc1cc(/C=N/NC(=O)c2ccc(OC)cc2)ccc1OCc1ccccc1. The van der Waals surface area contributed by atoms with E-state index in [1.807, 2.05) is 55.5 Å². The number of hydrazone groups is 1. The molecule has 3 rings (SSSR count). The van der Waals surface area contributed by atoms with Gasteiger partial charge in [0.15, 0.2) is 11.5 Å². The molecule has 0 saturated heterocycles. The maximum absolute atomic E-state index is 12.2. The van der Waals surface area contributed by atoms with Crippen LogP contribution in [0.25, 0.3) is 0 Å². The first kappa shape index (κ1) is 20.9. The van der Waals surface area contributed by atoms with E-state index in [9.17, 15) is 4.79 Å². The average Bonchev–Trinajstić information content (AvgIpc) is 2.79. The molecule has 1 amide bonds. The number of amides is 1. The number of hydrogen-bond donors (Lipinski definition) is 1. The highest BCUT2D eigenvalue weighted by Gasteiger charge is 2.07. The Balaban J connectivity index is 1.63. The van der Waals surface area contributed by atoms with Crippen molar-refractivity contribution in [1.29, 1.82) is 0 Å². The van der Waals surface area contributed by atoms with Crippen molar-refractivity contribution in [2.45, 2.75) is 13.5 Å². The number of nitrogens with one attached hydrogen (secondary N) is 1. The van der Waals surface area contributed by atoms with E-state index in [2.05, 4.69) is 10.5 Å². The van der Waals surface area contributed by atoms with E-state index in [1.165, 1.54) is 0 Å². The summed E-state index contributed by atoms with van der Waals surface area (Å²) < 4.78 is 16.7. The predicted molar refractivity (Wildman–Crippen MR) is 116 cm³/mol. The van der Waals surface area contributed by atoms with Gasteiger partial charge in [-0.2, -0.15) is 5.10 Å². The molecule has 0 heterocycles. The molecule has 3 aromatic carbocycles. The van der Waals surface area contributed by atoms with Gasteiger partial charge < -0.3 is 14.2 Å². The molecular formula is C24H24N2O4. The van der Waals surface area contributed by atoms with E-state index in [4.69, 9.17) is 14.2 Å². The Morgan fingerprint density at radius 2 is 1.73 bits per heavy atom. The lowest BCUT2D eigenvalue weighted by Gasteiger charge is -2.12. The molecule has 0 aliphatic rings. The Labute approximate surface area is 176 Å². The predicted octanol–water partition coefficient (Wildman–Crippen LogP) is 4.44. The summed E-state index contributed by atoms with van der Waals surface area (Å²) in [6, 6.07) is 22.2. The Bertz CT molecular complexity index is 986. The summed E-state index contributed by atoms with van der Waals surface area (Å²) in [6.07, 6.45) is 1.56. The van der Waals surface area contributed by atoms with Crippen molar-refractivity contribution in [3.05, 3.63) is 89.5 Å². The van der Waals surface area contributed by atoms with E-state index in [1.54, 1.807) is 37.6 Å². The second kappa shape index (κ2) is 10.7. The van der Waals surface area contributed by atoms with Gasteiger partial charge in [-0.25, -0.2) is 5.43 Å². The lowest BCUT2D eigenvalue weighted by Crippen LogP contribution is -2.17. The molecule has 0 unspecified atom stereocenters. The molecule has 0 aromatic heterocycles. The van der Waals surface area contributed by atoms with E-state index in [0.717, 1.165) is 11.1 Å². The summed E-state index contributed by atoms with van der Waals surface area (Å²) in [5, 5.41) is 4.03. The van der Waals surface area contributed by atoms with Gasteiger partial charge in [0.05, 0.1) is 19.9 Å². The van der Waals surface area contributed by atoms with Gasteiger partial charge >= 0.3 is 0 Å². The highest BCUT2D eigenvalue weighted by Crippen LogP contribution is 2.28. The van der Waals surface area contributed by atoms with Gasteiger partial charge in [0.2, 0.25) is 0 Å². The molecule has 3 aromatic rings. The van der Waals surface area contributed by atoms with Crippen LogP contribution < -0.4 is 19.6 Å². The summed E-state index contributed by atoms with van der Waals surface area (Å²) in [4.78, 5) is 12.2. The fourth-order valence-corrected chi connectivity index (χ4v) is 2.70. The summed E-state index contributed by atoms with van der Waals surface area (Å²) in [5.74, 6) is 1.66. The zero-order chi connectivity index (χ0) is 21.2. The van der Waals surface area contributed by atoms with E-state index >= 15 is 0 Å². The maximum Gasteiger partial charge on any atom is 0.271 e. The zero-order valence-electron chi connectivity index (χ0n) is 17.0. The van der Waals surface area contributed by atoms with Crippen LogP contribution in [0.1, 0.15) is 28.4 Å². The zero-order valence-corrected chi connectivity index (χ0v) is 17.0. The van der Waals surface area contributed by atoms with Crippen LogP contribution in [-0.2, 0) is 6.61 Å². The molecule has 0 aliphatic heterocycles. The fraction of sp³-hybridized carbons (Fsp3) is 0.167. The van der Waals surface area contributed by atoms with Crippen LogP contribution in [0.2, 0.25) is 0 Å². The minimum atomic E-state index is -0.304. The summed E-state index contributed by atoms with van der Waals surface area (Å²) in [6.45, 7) is 2.87. The second-order valence-corrected chi connectivity index (χ2v) is 6.34. The van der Waals surface area contributed by atoms with E-state index in [-0.39, 0.29) is 5.91 Å². The van der Waals surface area contributed by atoms with Gasteiger partial charge in [0.1, 0.15) is 12.4 Å². The summed E-state index contributed by atoms with van der Waals surface area (Å²) >= 11 is 0. The topological polar surface area (TPSA) is 69.2 Å². The molecule has 154 valence electrons. The monoisotopic (exact) mass is 404 g/mol. The first-order valence-corrected chi connectivity index (χ1v) is 9.60. The van der Waals surface area contributed by atoms with Crippen LogP contribution in [0.4, 0.5) is 0 Å². The molecule has 0 atom stereocenters. The molecule has 6 heteroatoms. The number of carbonyl (C=O) groups is 1. The van der Waals surface area contributed by atoms with Crippen molar-refractivity contribution in [1.82, 2.24) is 5.43 Å². The van der Waals surface area contributed by atoms with Crippen LogP contribution in [0.5, 0.6) is 17.2 Å². The van der Waals surface area contributed by atoms with E-state index in [0.29, 0.717) is 36.0 Å². The number of carbonyl (C=O) groups excluding carboxylic acids is 1. The quantitative estimate of drug-likeness (QED) is 0.423. The van der Waals surface area contributed by atoms with Crippen LogP contribution >= 0.6 is 0 Å². The minimum Gasteiger partial charge on any atom is -0.497 e. The lowest BCUT2D eigenvalue weighted by molar-refractivity contribution is 0.0955. The molecule has 0 spiro atoms. The third kappa shape index (κ3) is 5.85. The van der Waals surface area contributed by atoms with Crippen LogP contribution in [0.3, 0.4) is 0 Å². The highest BCUT2D eigenvalue weighted by molar-refractivity contribution is 5.95. The normalized spacial score (nSPS) is 10.6. The van der Waals surface area contributed by atoms with Gasteiger partial charge in [0.25, 0.3) is 5.91 Å². The molecular weight excluding hydrogens is 380 g/mol. The smallest absolute Gasteiger partial charge is 0.271 e. The van der Waals surface area contributed by atoms with Crippen molar-refractivity contribution in [3.8, 4) is 17.2 Å². The Morgan fingerprint density at radius 3 is 2.43 bits per heavy atom. The van der Waals surface area contributed by atoms with Gasteiger partial charge in [-0.3, -0.25) is 4.79 Å². The molecule has 30 heavy (non-hydrogen) atoms. The van der Waals surface area contributed by atoms with Crippen molar-refractivity contribution in [2.75, 3.05) is 13.7 Å². The van der Waals surface area contributed by atoms with Crippen LogP contribution in [0, 0.1) is 0 Å². The minimum absolute atomic E-state index is 0.304. The summed E-state index contributed by atoms with van der Waals surface area (Å²) in [5.41, 5.74) is 4.86. The standard InChI is InChI=1S/C24H24N2O4/c1-3-29-23-15-19(9-14-22(23)30-17-18-7-5-4-6-8-18)16-25-26-24(27)20-10-12-21(28-2)13-11-20/h4-16H,3,17H2,1-2H3,(H,26,27)/b25-16+. The van der Waals surface area contributed by atoms with Gasteiger partial charge in [-0.1, -0.05) is 30.3 Å². The number of hydrogen-bond acceptors (Lipinski definition) is 5. The first-order chi connectivity index (χ1) is 14.7. The third-order valence-electron chi connectivity index (χ3n) is 4.24. The lowest BCUT2D eigenvalue weighted by atomic mass is 10.2. The number of benzene rings is 3. The molecule has 0 aliphatic carbocycles. The fourth-order valence-electron chi connectivity index (χ4n) is 2.70. The molecule has 0 saturated carbocycles. The highest BCUT2D eigenvalue weighted by atomic mass is 16.5. The largest absolute Gasteiger partial charge is 0.497 e. The Morgan fingerprint density at radius 1 is 0.967 bits per heavy atom. The van der Waals surface area contributed by atoms with Crippen molar-refractivity contribution >= 4 is 12.1 Å². The van der Waals surface area contributed by atoms with Crippen molar-refractivity contribution < 1.29 is 19.0 Å². The first-order valence-electron chi connectivity index (χ1n) is 9.60. The molecule has 1 N–H and O–H groups in total. The number of ether oxygens (including phenoxy) is 3. The maximum atomic E-state index is 12.2. The molecule has 6 nitrogen and oxygen atoms in total. The van der Waals surface area contributed by atoms with Crippen LogP contribution in [0.15, 0.2) is 77.9 Å². The van der Waals surface area contributed by atoms with Crippen LogP contribution in [-0.4, -0.2) is 25.8 Å². The van der Waals surface area contributed by atoms with Crippen molar-refractivity contribution in [3.63, 3.8) is 0 Å². The van der Waals surface area contributed by atoms with Gasteiger partial charge in [0, 0.05) is 5.56 Å². The number of methoxy groups -OCH3 is 1. The number of rotatable bonds is 9. The molecule has 0 bridgehead atoms. The Kier molecular flexibility index (Phi) is 7.44. The molecule has 0 fully saturated rings. The van der Waals surface area contributed by atoms with E-state index < -0.39 is 0 Å². The van der Waals surface area contributed by atoms with Gasteiger partial charge in [-0.05, 0) is 60.5 Å². The average molecular weight is 404 g/mol. The third-order valence-corrected chi connectivity index (χ3v) is 4.24. The molecule has 0 radical (unpaired) electrons. The second-order valence-electron chi connectivity index (χ2n) is 6.34.